The van der Waals surface area contributed by atoms with Crippen LogP contribution in [0.5, 0.6) is 5.75 Å². The molecule has 0 radical (unpaired) electrons. The molecule has 1 saturated carbocycles. The summed E-state index contributed by atoms with van der Waals surface area (Å²) in [5, 5.41) is 9.13. The number of hydrogen-bond acceptors (Lipinski definition) is 5. The number of hydrogen-bond donors (Lipinski definition) is 1. The van der Waals surface area contributed by atoms with E-state index in [0.717, 1.165) is 11.8 Å². The number of aromatic nitrogens is 1. The lowest BCUT2D eigenvalue weighted by molar-refractivity contribution is 0.0189. The maximum absolute atomic E-state index is 15.0. The molecule has 2 heterocycles. The molecule has 0 spiro atoms. The quantitative estimate of drug-likeness (QED) is 0.648. The Kier molecular flexibility index (Phi) is 5.87. The van der Waals surface area contributed by atoms with Crippen molar-refractivity contribution < 1.29 is 33.0 Å². The first-order valence-electron chi connectivity index (χ1n) is 11.0. The third-order valence-electron chi connectivity index (χ3n) is 5.74. The van der Waals surface area contributed by atoms with Crippen molar-refractivity contribution in [3.05, 3.63) is 51.8 Å². The Hall–Kier alpha value is -3.43. The molecule has 8 nitrogen and oxygen atoms in total. The molecule has 10 heteroatoms. The smallest absolute Gasteiger partial charge is 0.410 e. The average molecular weight is 476 g/mol. The molecule has 1 aliphatic carbocycles. The molecule has 2 aliphatic rings. The van der Waals surface area contributed by atoms with Crippen LogP contribution in [0.1, 0.15) is 56.4 Å². The zero-order chi connectivity index (χ0) is 24.9. The summed E-state index contributed by atoms with van der Waals surface area (Å²) >= 11 is 0. The van der Waals surface area contributed by atoms with Gasteiger partial charge in [-0.25, -0.2) is 14.0 Å². The number of halogens is 2. The van der Waals surface area contributed by atoms with Gasteiger partial charge in [-0.3, -0.25) is 9.69 Å². The topological polar surface area (TPSA) is 98.1 Å². The van der Waals surface area contributed by atoms with Gasteiger partial charge in [-0.2, -0.15) is 4.39 Å². The number of nitrogens with zero attached hydrogens (tertiary/aromatic N) is 2. The van der Waals surface area contributed by atoms with Crippen molar-refractivity contribution in [2.75, 3.05) is 13.2 Å². The van der Waals surface area contributed by atoms with Crippen LogP contribution in [0, 0.1) is 11.6 Å². The molecule has 1 aliphatic heterocycles. The summed E-state index contributed by atoms with van der Waals surface area (Å²) in [6.45, 7) is 9.16. The van der Waals surface area contributed by atoms with Crippen LogP contribution in [-0.4, -0.2) is 51.4 Å². The Bertz CT molecular complexity index is 1260. The maximum atomic E-state index is 15.0. The van der Waals surface area contributed by atoms with Gasteiger partial charge >= 0.3 is 12.1 Å². The number of carbonyl (C=O) groups excluding carboxylic acids is 1. The molecule has 182 valence electrons. The largest absolute Gasteiger partial charge is 0.486 e. The number of fused-ring (bicyclic) bond motifs is 1. The molecule has 1 N–H and O–H groups in total. The summed E-state index contributed by atoms with van der Waals surface area (Å²) < 4.78 is 42.1. The third kappa shape index (κ3) is 4.49. The van der Waals surface area contributed by atoms with Crippen LogP contribution in [0.3, 0.4) is 0 Å². The second-order valence-corrected chi connectivity index (χ2v) is 9.74. The zero-order valence-corrected chi connectivity index (χ0v) is 19.2. The van der Waals surface area contributed by atoms with Crippen molar-refractivity contribution in [1.82, 2.24) is 9.47 Å². The highest BCUT2D eigenvalue weighted by molar-refractivity contribution is 5.94. The van der Waals surface area contributed by atoms with Gasteiger partial charge in [0.1, 0.15) is 17.8 Å². The van der Waals surface area contributed by atoms with E-state index in [2.05, 4.69) is 6.58 Å². The van der Waals surface area contributed by atoms with E-state index in [4.69, 9.17) is 9.47 Å². The Morgan fingerprint density at radius 1 is 1.26 bits per heavy atom. The lowest BCUT2D eigenvalue weighted by Gasteiger charge is -2.28. The molecule has 1 aromatic heterocycles. The van der Waals surface area contributed by atoms with Gasteiger partial charge in [0.2, 0.25) is 11.2 Å². The summed E-state index contributed by atoms with van der Waals surface area (Å²) in [5.74, 6) is -4.56. The zero-order valence-electron chi connectivity index (χ0n) is 19.2. The van der Waals surface area contributed by atoms with Crippen LogP contribution in [-0.2, 0) is 4.74 Å². The lowest BCUT2D eigenvalue weighted by atomic mass is 10.1. The number of carbonyl (C=O) groups is 2. The predicted octanol–water partition coefficient (Wildman–Crippen LogP) is 4.26. The highest BCUT2D eigenvalue weighted by Crippen LogP contribution is 2.41. The fourth-order valence-electron chi connectivity index (χ4n) is 4.10. The molecule has 4 rings (SSSR count). The van der Waals surface area contributed by atoms with Gasteiger partial charge in [0.25, 0.3) is 0 Å². The number of pyridine rings is 1. The average Bonchev–Trinajstić information content (AvgIpc) is 3.49. The van der Waals surface area contributed by atoms with E-state index in [-0.39, 0.29) is 30.1 Å². The predicted molar refractivity (Wildman–Crippen MR) is 119 cm³/mol. The van der Waals surface area contributed by atoms with Gasteiger partial charge in [-0.1, -0.05) is 12.2 Å². The summed E-state index contributed by atoms with van der Waals surface area (Å²) in [5.41, 5.74) is -1.42. The van der Waals surface area contributed by atoms with E-state index in [1.54, 1.807) is 20.8 Å². The Morgan fingerprint density at radius 3 is 2.53 bits per heavy atom. The van der Waals surface area contributed by atoms with Crippen LogP contribution in [0.2, 0.25) is 0 Å². The lowest BCUT2D eigenvalue weighted by Crippen LogP contribution is -2.42. The number of rotatable bonds is 5. The van der Waals surface area contributed by atoms with Gasteiger partial charge in [-0.05, 0) is 46.1 Å². The monoisotopic (exact) mass is 476 g/mol. The molecule has 0 bridgehead atoms. The highest BCUT2D eigenvalue weighted by atomic mass is 19.2. The van der Waals surface area contributed by atoms with Crippen LogP contribution in [0.15, 0.2) is 29.2 Å². The van der Waals surface area contributed by atoms with E-state index in [1.165, 1.54) is 9.47 Å². The Labute approximate surface area is 194 Å². The number of carboxylic acids is 1. The Balaban J connectivity index is 1.73. The second kappa shape index (κ2) is 8.41. The first-order valence-corrected chi connectivity index (χ1v) is 11.0. The number of amides is 1. The van der Waals surface area contributed by atoms with Crippen LogP contribution >= 0.6 is 0 Å². The third-order valence-corrected chi connectivity index (χ3v) is 5.74. The fraction of sp³-hybridized carbons (Fsp3) is 0.458. The highest BCUT2D eigenvalue weighted by Gasteiger charge is 2.36. The van der Waals surface area contributed by atoms with Crippen molar-refractivity contribution in [3.63, 3.8) is 0 Å². The van der Waals surface area contributed by atoms with Gasteiger partial charge < -0.3 is 19.1 Å². The number of aromatic carboxylic acids is 1. The molecule has 0 unspecified atom stereocenters. The van der Waals surface area contributed by atoms with E-state index in [0.29, 0.717) is 25.3 Å². The first kappa shape index (κ1) is 23.7. The van der Waals surface area contributed by atoms with Crippen molar-refractivity contribution in [1.29, 1.82) is 0 Å². The molecule has 1 atom stereocenters. The van der Waals surface area contributed by atoms with E-state index < -0.39 is 52.1 Å². The number of likely N-dealkylation sites (tertiary alicyclic amines) is 1. The molecular weight excluding hydrogens is 450 g/mol. The number of ether oxygens (including phenoxy) is 2. The summed E-state index contributed by atoms with van der Waals surface area (Å²) in [6.07, 6.45) is 2.35. The minimum Gasteiger partial charge on any atom is -0.486 e. The normalized spacial score (nSPS) is 18.4. The van der Waals surface area contributed by atoms with Gasteiger partial charge in [0, 0.05) is 18.8 Å². The molecule has 1 saturated heterocycles. The van der Waals surface area contributed by atoms with Crippen molar-refractivity contribution in [2.24, 2.45) is 0 Å². The second-order valence-electron chi connectivity index (χ2n) is 9.74. The molecular formula is C24H26F2N2O6. The minimum absolute atomic E-state index is 0.00274. The van der Waals surface area contributed by atoms with E-state index >= 15 is 0 Å². The van der Waals surface area contributed by atoms with Crippen molar-refractivity contribution >= 4 is 23.0 Å². The summed E-state index contributed by atoms with van der Waals surface area (Å²) in [4.78, 5) is 38.3. The van der Waals surface area contributed by atoms with Gasteiger partial charge in [0.05, 0.1) is 16.9 Å². The molecule has 34 heavy (non-hydrogen) atoms. The standard InChI is InChI=1S/C24H26F2N2O6/c1-12-7-14(28(9-12)23(32)34-24(2,3)4)11-33-21-18(26)17(25)8-15-19(21)27(13-5-6-13)10-16(20(15)29)22(30)31/h8,10,13-14H,1,5-7,9,11H2,2-4H3,(H,30,31)/t14-/m1/s1. The van der Waals surface area contributed by atoms with Crippen molar-refractivity contribution in [2.45, 2.75) is 57.7 Å². The van der Waals surface area contributed by atoms with Gasteiger partial charge in [-0.15, -0.1) is 0 Å². The molecule has 2 fully saturated rings. The maximum Gasteiger partial charge on any atom is 0.410 e. The first-order chi connectivity index (χ1) is 15.9. The van der Waals surface area contributed by atoms with Gasteiger partial charge in [0.15, 0.2) is 11.6 Å². The SMILES string of the molecule is C=C1C[C@H](COc2c(F)c(F)cc3c(=O)c(C(=O)O)cn(C4CC4)c23)N(C(=O)OC(C)(C)C)C1. The van der Waals surface area contributed by atoms with E-state index in [9.17, 15) is 28.3 Å². The molecule has 2 aromatic rings. The van der Waals surface area contributed by atoms with Crippen LogP contribution in [0.25, 0.3) is 10.9 Å². The fourth-order valence-corrected chi connectivity index (χ4v) is 4.10. The number of benzene rings is 1. The Morgan fingerprint density at radius 2 is 1.94 bits per heavy atom. The van der Waals surface area contributed by atoms with Crippen LogP contribution < -0.4 is 10.2 Å². The molecule has 1 amide bonds. The van der Waals surface area contributed by atoms with E-state index in [1.807, 2.05) is 0 Å². The minimum atomic E-state index is -1.45. The van der Waals surface area contributed by atoms with Crippen LogP contribution in [0.4, 0.5) is 13.6 Å². The van der Waals surface area contributed by atoms with Crippen molar-refractivity contribution in [3.8, 4) is 5.75 Å². The summed E-state index contributed by atoms with van der Waals surface area (Å²) in [6, 6.07) is 0.00710. The summed E-state index contributed by atoms with van der Waals surface area (Å²) in [7, 11) is 0. The number of carboxylic acid groups (broad SMARTS) is 1. The molecule has 1 aromatic carbocycles.